The number of nitrogens with zero attached hydrogens (tertiary/aromatic N) is 3. The molecular formula is C15H12N4O. The van der Waals surface area contributed by atoms with Crippen LogP contribution in [0.2, 0.25) is 0 Å². The van der Waals surface area contributed by atoms with Crippen molar-refractivity contribution in [1.29, 1.82) is 5.26 Å². The van der Waals surface area contributed by atoms with E-state index in [1.807, 2.05) is 18.2 Å². The zero-order chi connectivity index (χ0) is 13.9. The number of para-hydroxylation sites is 1. The number of nitrogens with one attached hydrogen (secondary N) is 1. The number of methoxy groups -OCH3 is 1. The van der Waals surface area contributed by atoms with Gasteiger partial charge in [0.1, 0.15) is 18.0 Å². The van der Waals surface area contributed by atoms with Crippen molar-refractivity contribution in [2.45, 2.75) is 6.17 Å². The molecule has 0 aliphatic carbocycles. The van der Waals surface area contributed by atoms with Crippen molar-refractivity contribution >= 4 is 11.9 Å². The van der Waals surface area contributed by atoms with E-state index in [9.17, 15) is 0 Å². The van der Waals surface area contributed by atoms with Gasteiger partial charge in [0.05, 0.1) is 24.6 Å². The Hall–Kier alpha value is -2.87. The lowest BCUT2D eigenvalue weighted by molar-refractivity contribution is 0.406. The van der Waals surface area contributed by atoms with E-state index in [-0.39, 0.29) is 6.17 Å². The van der Waals surface area contributed by atoms with Gasteiger partial charge in [-0.1, -0.05) is 12.1 Å². The molecule has 3 rings (SSSR count). The topological polar surface area (TPSA) is 70.3 Å². The molecule has 98 valence electrons. The first-order chi connectivity index (χ1) is 9.83. The smallest absolute Gasteiger partial charge is 0.148 e. The van der Waals surface area contributed by atoms with E-state index in [1.165, 1.54) is 0 Å². The largest absolute Gasteiger partial charge is 0.495 e. The summed E-state index contributed by atoms with van der Waals surface area (Å²) in [6.07, 6.45) is 5.00. The van der Waals surface area contributed by atoms with Crippen LogP contribution in [-0.2, 0) is 0 Å². The first-order valence-electron chi connectivity index (χ1n) is 6.14. The number of rotatable bonds is 2. The highest BCUT2D eigenvalue weighted by atomic mass is 16.5. The summed E-state index contributed by atoms with van der Waals surface area (Å²) < 4.78 is 5.36. The molecule has 5 nitrogen and oxygen atoms in total. The first-order valence-corrected chi connectivity index (χ1v) is 6.14. The van der Waals surface area contributed by atoms with Crippen molar-refractivity contribution in [3.05, 3.63) is 53.3 Å². The molecule has 1 atom stereocenters. The number of nitriles is 1. The van der Waals surface area contributed by atoms with E-state index in [0.29, 0.717) is 11.3 Å². The second-order valence-electron chi connectivity index (χ2n) is 4.33. The third-order valence-electron chi connectivity index (χ3n) is 3.17. The molecule has 0 spiro atoms. The Labute approximate surface area is 116 Å². The lowest BCUT2D eigenvalue weighted by Gasteiger charge is -2.23. The number of anilines is 1. The molecule has 1 unspecified atom stereocenters. The van der Waals surface area contributed by atoms with Crippen LogP contribution in [0.4, 0.5) is 5.69 Å². The zero-order valence-electron chi connectivity index (χ0n) is 10.9. The van der Waals surface area contributed by atoms with Gasteiger partial charge in [-0.25, -0.2) is 0 Å². The summed E-state index contributed by atoms with van der Waals surface area (Å²) >= 11 is 0. The van der Waals surface area contributed by atoms with E-state index < -0.39 is 0 Å². The molecule has 1 aliphatic heterocycles. The van der Waals surface area contributed by atoms with Gasteiger partial charge in [-0.3, -0.25) is 9.98 Å². The van der Waals surface area contributed by atoms with Gasteiger partial charge >= 0.3 is 0 Å². The molecule has 0 bridgehead atoms. The van der Waals surface area contributed by atoms with E-state index in [2.05, 4.69) is 21.4 Å². The normalized spacial score (nSPS) is 15.9. The van der Waals surface area contributed by atoms with Crippen molar-refractivity contribution in [3.8, 4) is 11.8 Å². The summed E-state index contributed by atoms with van der Waals surface area (Å²) in [5, 5.41) is 12.4. The van der Waals surface area contributed by atoms with E-state index >= 15 is 0 Å². The van der Waals surface area contributed by atoms with Gasteiger partial charge in [-0.05, 0) is 12.1 Å². The molecule has 20 heavy (non-hydrogen) atoms. The Morgan fingerprint density at radius 2 is 2.25 bits per heavy atom. The van der Waals surface area contributed by atoms with Crippen LogP contribution in [0.25, 0.3) is 0 Å². The van der Waals surface area contributed by atoms with Crippen LogP contribution >= 0.6 is 0 Å². The van der Waals surface area contributed by atoms with Crippen molar-refractivity contribution in [2.75, 3.05) is 12.4 Å². The molecule has 2 heterocycles. The van der Waals surface area contributed by atoms with Crippen molar-refractivity contribution in [2.24, 2.45) is 4.99 Å². The highest BCUT2D eigenvalue weighted by molar-refractivity contribution is 5.89. The van der Waals surface area contributed by atoms with Gasteiger partial charge < -0.3 is 10.1 Å². The van der Waals surface area contributed by atoms with Gasteiger partial charge in [0, 0.05) is 23.5 Å². The van der Waals surface area contributed by atoms with Crippen LogP contribution < -0.4 is 10.1 Å². The molecule has 1 aromatic heterocycles. The summed E-state index contributed by atoms with van der Waals surface area (Å²) in [6, 6.07) is 9.47. The maximum absolute atomic E-state index is 9.13. The van der Waals surface area contributed by atoms with Gasteiger partial charge in [0.2, 0.25) is 0 Å². The summed E-state index contributed by atoms with van der Waals surface area (Å²) in [5.74, 6) is 0.553. The van der Waals surface area contributed by atoms with E-state index in [4.69, 9.17) is 10.00 Å². The summed E-state index contributed by atoms with van der Waals surface area (Å²) in [5.41, 5.74) is 3.24. The predicted molar refractivity (Wildman–Crippen MR) is 75.9 cm³/mol. The average Bonchev–Trinajstić information content (AvgIpc) is 2.53. The van der Waals surface area contributed by atoms with Gasteiger partial charge in [0.15, 0.2) is 0 Å². The summed E-state index contributed by atoms with van der Waals surface area (Å²) in [7, 11) is 1.56. The second-order valence-corrected chi connectivity index (χ2v) is 4.33. The van der Waals surface area contributed by atoms with Crippen LogP contribution in [0.15, 0.2) is 41.7 Å². The zero-order valence-corrected chi connectivity index (χ0v) is 10.9. The number of ether oxygens (including phenoxy) is 1. The highest BCUT2D eigenvalue weighted by Crippen LogP contribution is 2.33. The Morgan fingerprint density at radius 1 is 1.35 bits per heavy atom. The summed E-state index contributed by atoms with van der Waals surface area (Å²) in [4.78, 5) is 8.57. The van der Waals surface area contributed by atoms with Crippen LogP contribution in [0, 0.1) is 11.3 Å². The molecule has 0 saturated heterocycles. The molecule has 0 fully saturated rings. The third-order valence-corrected chi connectivity index (χ3v) is 3.17. The Bertz CT molecular complexity index is 718. The van der Waals surface area contributed by atoms with E-state index in [1.54, 1.807) is 31.8 Å². The van der Waals surface area contributed by atoms with Crippen LogP contribution in [0.3, 0.4) is 0 Å². The minimum atomic E-state index is -0.282. The number of aliphatic imine (C=N–C) groups is 1. The number of fused-ring (bicyclic) bond motifs is 1. The monoisotopic (exact) mass is 264 g/mol. The Kier molecular flexibility index (Phi) is 3.05. The third kappa shape index (κ3) is 1.97. The number of benzene rings is 1. The first kappa shape index (κ1) is 12.2. The maximum atomic E-state index is 9.13. The minimum absolute atomic E-state index is 0.282. The fourth-order valence-electron chi connectivity index (χ4n) is 2.22. The molecule has 0 radical (unpaired) electrons. The molecule has 0 amide bonds. The lowest BCUT2D eigenvalue weighted by Crippen LogP contribution is -2.15. The number of hydrogen-bond acceptors (Lipinski definition) is 5. The number of aromatic nitrogens is 1. The van der Waals surface area contributed by atoms with Gasteiger partial charge in [-0.15, -0.1) is 0 Å². The second kappa shape index (κ2) is 5.02. The standard InChI is InChI=1S/C15H12N4O/c1-20-14-10(7-16)3-2-4-12(14)15-18-8-11-5-6-17-9-13(11)19-15/h2-6,8-9,15,19H,1H3. The molecular weight excluding hydrogens is 252 g/mol. The molecule has 1 aliphatic rings. The van der Waals surface area contributed by atoms with Crippen molar-refractivity contribution < 1.29 is 4.74 Å². The molecule has 2 aromatic rings. The molecule has 1 aromatic carbocycles. The van der Waals surface area contributed by atoms with Crippen molar-refractivity contribution in [1.82, 2.24) is 4.98 Å². The summed E-state index contributed by atoms with van der Waals surface area (Å²) in [6.45, 7) is 0. The minimum Gasteiger partial charge on any atom is -0.495 e. The predicted octanol–water partition coefficient (Wildman–Crippen LogP) is 2.51. The molecule has 0 saturated carbocycles. The van der Waals surface area contributed by atoms with Crippen molar-refractivity contribution in [3.63, 3.8) is 0 Å². The fourth-order valence-corrected chi connectivity index (χ4v) is 2.22. The quantitative estimate of drug-likeness (QED) is 0.904. The lowest BCUT2D eigenvalue weighted by atomic mass is 10.1. The fraction of sp³-hybridized carbons (Fsp3) is 0.133. The average molecular weight is 264 g/mol. The van der Waals surface area contributed by atoms with Crippen LogP contribution in [0.1, 0.15) is 22.9 Å². The molecule has 5 heteroatoms. The number of hydrogen-bond donors (Lipinski definition) is 1. The number of pyridine rings is 1. The molecule has 1 N–H and O–H groups in total. The van der Waals surface area contributed by atoms with Crippen LogP contribution in [0.5, 0.6) is 5.75 Å². The Balaban J connectivity index is 2.03. The maximum Gasteiger partial charge on any atom is 0.148 e. The van der Waals surface area contributed by atoms with Gasteiger partial charge in [-0.2, -0.15) is 5.26 Å². The Morgan fingerprint density at radius 3 is 3.05 bits per heavy atom. The van der Waals surface area contributed by atoms with Crippen LogP contribution in [-0.4, -0.2) is 18.3 Å². The highest BCUT2D eigenvalue weighted by Gasteiger charge is 2.20. The van der Waals surface area contributed by atoms with Gasteiger partial charge in [0.25, 0.3) is 0 Å². The van der Waals surface area contributed by atoms with E-state index in [0.717, 1.165) is 16.8 Å². The SMILES string of the molecule is COc1c(C#N)cccc1C1N=Cc2ccncc2N1.